The molecule has 0 aliphatic carbocycles. The Balaban J connectivity index is 1.94. The van der Waals surface area contributed by atoms with E-state index in [-0.39, 0.29) is 0 Å². The molecule has 4 aromatic carbocycles. The van der Waals surface area contributed by atoms with Crippen LogP contribution in [0.4, 0.5) is 0 Å². The third kappa shape index (κ3) is 4.25. The van der Waals surface area contributed by atoms with Crippen molar-refractivity contribution in [2.45, 2.75) is 5.60 Å². The van der Waals surface area contributed by atoms with Crippen LogP contribution in [0.15, 0.2) is 127 Å². The SMILES string of the molecule is OC(/C(C#Cc1ccccc1)=C/c1ccccc1)(c1ccccc1)c1ccccc1. The van der Waals surface area contributed by atoms with E-state index in [1.54, 1.807) is 0 Å². The summed E-state index contributed by atoms with van der Waals surface area (Å²) in [5, 5.41) is 12.2. The second-order valence-corrected chi connectivity index (χ2v) is 7.03. The number of hydrogen-bond donors (Lipinski definition) is 1. The van der Waals surface area contributed by atoms with E-state index >= 15 is 0 Å². The van der Waals surface area contributed by atoms with Crippen molar-refractivity contribution in [2.75, 3.05) is 0 Å². The van der Waals surface area contributed by atoms with Gasteiger partial charge in [-0.3, -0.25) is 0 Å². The molecule has 0 aromatic heterocycles. The van der Waals surface area contributed by atoms with Crippen molar-refractivity contribution < 1.29 is 5.11 Å². The number of aliphatic hydroxyl groups is 1. The molecule has 0 heterocycles. The first kappa shape index (κ1) is 19.5. The van der Waals surface area contributed by atoms with E-state index in [0.29, 0.717) is 5.57 Å². The Morgan fingerprint density at radius 1 is 0.600 bits per heavy atom. The molecule has 30 heavy (non-hydrogen) atoms. The Hall–Kier alpha value is -3.86. The highest BCUT2D eigenvalue weighted by Crippen LogP contribution is 2.37. The van der Waals surface area contributed by atoms with Gasteiger partial charge in [-0.25, -0.2) is 0 Å². The minimum absolute atomic E-state index is 0.620. The maximum atomic E-state index is 12.2. The molecule has 0 radical (unpaired) electrons. The van der Waals surface area contributed by atoms with Crippen LogP contribution in [0, 0.1) is 11.8 Å². The standard InChI is InChI=1S/C29H22O/c30-29(26-17-9-3-10-18-26,27-19-11-4-12-20-27)28(23-25-15-7-2-8-16-25)22-21-24-13-5-1-6-14-24/h1-20,23,30H/b28-23+. The Morgan fingerprint density at radius 3 is 1.53 bits per heavy atom. The molecule has 0 aliphatic rings. The predicted octanol–water partition coefficient (Wildman–Crippen LogP) is 6.06. The summed E-state index contributed by atoms with van der Waals surface area (Å²) >= 11 is 0. The Bertz CT molecular complexity index is 1130. The van der Waals surface area contributed by atoms with Crippen LogP contribution in [0.1, 0.15) is 22.3 Å². The lowest BCUT2D eigenvalue weighted by molar-refractivity contribution is 0.127. The summed E-state index contributed by atoms with van der Waals surface area (Å²) in [7, 11) is 0. The maximum Gasteiger partial charge on any atom is 0.148 e. The minimum atomic E-state index is -1.37. The van der Waals surface area contributed by atoms with E-state index < -0.39 is 5.60 Å². The molecule has 0 bridgehead atoms. The number of hydrogen-bond acceptors (Lipinski definition) is 1. The average Bonchev–Trinajstić information content (AvgIpc) is 2.83. The van der Waals surface area contributed by atoms with Gasteiger partial charge >= 0.3 is 0 Å². The topological polar surface area (TPSA) is 20.2 Å². The molecular weight excluding hydrogens is 364 g/mol. The fraction of sp³-hybridized carbons (Fsp3) is 0.0345. The van der Waals surface area contributed by atoms with Crippen LogP contribution in [0.3, 0.4) is 0 Å². The van der Waals surface area contributed by atoms with Gasteiger partial charge in [-0.15, -0.1) is 0 Å². The van der Waals surface area contributed by atoms with Crippen molar-refractivity contribution >= 4 is 6.08 Å². The highest BCUT2D eigenvalue weighted by molar-refractivity contribution is 5.66. The maximum absolute atomic E-state index is 12.2. The van der Waals surface area contributed by atoms with Gasteiger partial charge in [0.15, 0.2) is 0 Å². The van der Waals surface area contributed by atoms with E-state index in [4.69, 9.17) is 0 Å². The van der Waals surface area contributed by atoms with E-state index in [1.807, 2.05) is 127 Å². The lowest BCUT2D eigenvalue weighted by Crippen LogP contribution is -2.29. The van der Waals surface area contributed by atoms with Gasteiger partial charge in [0, 0.05) is 11.1 Å². The van der Waals surface area contributed by atoms with Crippen molar-refractivity contribution in [1.82, 2.24) is 0 Å². The van der Waals surface area contributed by atoms with Crippen LogP contribution < -0.4 is 0 Å². The van der Waals surface area contributed by atoms with Crippen LogP contribution in [0.5, 0.6) is 0 Å². The van der Waals surface area contributed by atoms with Crippen LogP contribution in [0.25, 0.3) is 6.08 Å². The van der Waals surface area contributed by atoms with Gasteiger partial charge in [-0.05, 0) is 34.9 Å². The first-order valence-electron chi connectivity index (χ1n) is 9.94. The van der Waals surface area contributed by atoms with Gasteiger partial charge in [0.2, 0.25) is 0 Å². The zero-order chi connectivity index (χ0) is 20.7. The van der Waals surface area contributed by atoms with Crippen LogP contribution in [-0.2, 0) is 5.60 Å². The lowest BCUT2D eigenvalue weighted by atomic mass is 9.79. The second-order valence-electron chi connectivity index (χ2n) is 7.03. The smallest absolute Gasteiger partial charge is 0.148 e. The second kappa shape index (κ2) is 9.09. The molecular formula is C29H22O. The van der Waals surface area contributed by atoms with Crippen molar-refractivity contribution in [3.63, 3.8) is 0 Å². The summed E-state index contributed by atoms with van der Waals surface area (Å²) in [6, 6.07) is 39.2. The summed E-state index contributed by atoms with van der Waals surface area (Å²) in [5.41, 5.74) is 2.69. The predicted molar refractivity (Wildman–Crippen MR) is 124 cm³/mol. The normalized spacial score (nSPS) is 11.4. The highest BCUT2D eigenvalue weighted by Gasteiger charge is 2.35. The van der Waals surface area contributed by atoms with E-state index in [9.17, 15) is 5.11 Å². The number of benzene rings is 4. The molecule has 1 heteroatoms. The number of rotatable bonds is 4. The molecule has 4 rings (SSSR count). The van der Waals surface area contributed by atoms with E-state index in [1.165, 1.54) is 0 Å². The molecule has 0 spiro atoms. The monoisotopic (exact) mass is 386 g/mol. The summed E-state index contributed by atoms with van der Waals surface area (Å²) in [5.74, 6) is 6.52. The van der Waals surface area contributed by atoms with Crippen LogP contribution in [0.2, 0.25) is 0 Å². The van der Waals surface area contributed by atoms with Crippen molar-refractivity contribution in [3.05, 3.63) is 149 Å². The largest absolute Gasteiger partial charge is 0.375 e. The molecule has 0 saturated heterocycles. The van der Waals surface area contributed by atoms with E-state index in [2.05, 4.69) is 11.8 Å². The third-order valence-electron chi connectivity index (χ3n) is 5.00. The lowest BCUT2D eigenvalue weighted by Gasteiger charge is -2.30. The fourth-order valence-corrected chi connectivity index (χ4v) is 3.44. The highest BCUT2D eigenvalue weighted by atomic mass is 16.3. The van der Waals surface area contributed by atoms with Gasteiger partial charge < -0.3 is 5.11 Å². The molecule has 0 unspecified atom stereocenters. The summed E-state index contributed by atoms with van der Waals surface area (Å²) < 4.78 is 0. The van der Waals surface area contributed by atoms with E-state index in [0.717, 1.165) is 22.3 Å². The van der Waals surface area contributed by atoms with Crippen molar-refractivity contribution in [2.24, 2.45) is 0 Å². The van der Waals surface area contributed by atoms with Gasteiger partial charge in [0.1, 0.15) is 5.60 Å². The zero-order valence-electron chi connectivity index (χ0n) is 16.6. The van der Waals surface area contributed by atoms with Gasteiger partial charge in [0.25, 0.3) is 0 Å². The quantitative estimate of drug-likeness (QED) is 0.423. The molecule has 0 amide bonds. The van der Waals surface area contributed by atoms with Gasteiger partial charge in [-0.2, -0.15) is 0 Å². The molecule has 0 aliphatic heterocycles. The molecule has 0 atom stereocenters. The van der Waals surface area contributed by atoms with Crippen molar-refractivity contribution in [3.8, 4) is 11.8 Å². The third-order valence-corrected chi connectivity index (χ3v) is 5.00. The van der Waals surface area contributed by atoms with Crippen molar-refractivity contribution in [1.29, 1.82) is 0 Å². The first-order chi connectivity index (χ1) is 14.8. The Kier molecular flexibility index (Phi) is 5.90. The molecule has 1 nitrogen and oxygen atoms in total. The fourth-order valence-electron chi connectivity index (χ4n) is 3.44. The Labute approximate surface area is 178 Å². The Morgan fingerprint density at radius 2 is 1.03 bits per heavy atom. The van der Waals surface area contributed by atoms with Gasteiger partial charge in [-0.1, -0.05) is 121 Å². The summed E-state index contributed by atoms with van der Waals surface area (Å²) in [6.45, 7) is 0. The minimum Gasteiger partial charge on any atom is -0.375 e. The molecule has 144 valence electrons. The summed E-state index contributed by atoms with van der Waals surface area (Å²) in [4.78, 5) is 0. The first-order valence-corrected chi connectivity index (χ1v) is 9.94. The average molecular weight is 386 g/mol. The van der Waals surface area contributed by atoms with Crippen LogP contribution in [-0.4, -0.2) is 5.11 Å². The van der Waals surface area contributed by atoms with Gasteiger partial charge in [0.05, 0.1) is 0 Å². The molecule has 1 N–H and O–H groups in total. The molecule has 4 aromatic rings. The summed E-state index contributed by atoms with van der Waals surface area (Å²) in [6.07, 6.45) is 1.97. The zero-order valence-corrected chi connectivity index (χ0v) is 16.6. The molecule has 0 fully saturated rings. The van der Waals surface area contributed by atoms with Crippen LogP contribution >= 0.6 is 0 Å². The molecule has 0 saturated carbocycles.